The normalized spacial score (nSPS) is 10.4. The van der Waals surface area contributed by atoms with Crippen LogP contribution >= 0.6 is 11.8 Å². The fourth-order valence-corrected chi connectivity index (χ4v) is 2.77. The van der Waals surface area contributed by atoms with Gasteiger partial charge < -0.3 is 4.98 Å². The summed E-state index contributed by atoms with van der Waals surface area (Å²) in [6, 6.07) is 10.9. The Morgan fingerprint density at radius 2 is 1.59 bits per heavy atom. The summed E-state index contributed by atoms with van der Waals surface area (Å²) in [5, 5.41) is 0.509. The van der Waals surface area contributed by atoms with Gasteiger partial charge in [-0.1, -0.05) is 11.8 Å². The maximum absolute atomic E-state index is 13.0. The molecule has 27 heavy (non-hydrogen) atoms. The summed E-state index contributed by atoms with van der Waals surface area (Å²) in [5.74, 6) is -1.75. The Hall–Kier alpha value is -3.20. The first-order valence-corrected chi connectivity index (χ1v) is 8.78. The molecule has 3 N–H and O–H groups in total. The van der Waals surface area contributed by atoms with Crippen molar-refractivity contribution in [3.05, 3.63) is 71.9 Å². The highest BCUT2D eigenvalue weighted by atomic mass is 32.2. The molecule has 2 aromatic carbocycles. The zero-order valence-corrected chi connectivity index (χ0v) is 14.6. The number of nitrogens with one attached hydrogen (secondary N) is 3. The molecule has 0 aliphatic heterocycles. The Balaban J connectivity index is 1.47. The van der Waals surface area contributed by atoms with Gasteiger partial charge in [-0.3, -0.25) is 20.4 Å². The van der Waals surface area contributed by atoms with Crippen molar-refractivity contribution in [3.63, 3.8) is 0 Å². The summed E-state index contributed by atoms with van der Waals surface area (Å²) in [4.78, 5) is 30.8. The fourth-order valence-electron chi connectivity index (χ4n) is 2.12. The van der Waals surface area contributed by atoms with Gasteiger partial charge in [0.25, 0.3) is 5.91 Å². The molecule has 3 rings (SSSR count). The van der Waals surface area contributed by atoms with Crippen molar-refractivity contribution in [1.29, 1.82) is 0 Å². The van der Waals surface area contributed by atoms with E-state index >= 15 is 0 Å². The second-order valence-corrected chi connectivity index (χ2v) is 6.37. The third kappa shape index (κ3) is 5.14. The van der Waals surface area contributed by atoms with E-state index in [4.69, 9.17) is 0 Å². The molecular weight excluding hydrogens is 374 g/mol. The smallest absolute Gasteiger partial charge is 0.269 e. The summed E-state index contributed by atoms with van der Waals surface area (Å²) in [6.45, 7) is 0. The number of H-pyrrole nitrogens is 1. The van der Waals surface area contributed by atoms with Gasteiger partial charge in [0.1, 0.15) is 11.6 Å². The molecule has 0 fully saturated rings. The van der Waals surface area contributed by atoms with Crippen LogP contribution in [-0.2, 0) is 4.79 Å². The van der Waals surface area contributed by atoms with Crippen LogP contribution in [0, 0.1) is 11.6 Å². The first kappa shape index (κ1) is 18.6. The van der Waals surface area contributed by atoms with Gasteiger partial charge in [-0.25, -0.2) is 13.8 Å². The zero-order chi connectivity index (χ0) is 19.2. The average Bonchev–Trinajstić information content (AvgIpc) is 3.14. The summed E-state index contributed by atoms with van der Waals surface area (Å²) in [6.07, 6.45) is 1.59. The number of carbonyl (C=O) groups is 2. The molecule has 0 bridgehead atoms. The highest BCUT2D eigenvalue weighted by Crippen LogP contribution is 2.21. The van der Waals surface area contributed by atoms with Gasteiger partial charge in [0.2, 0.25) is 5.91 Å². The molecule has 2 amide bonds. The molecule has 6 nitrogen and oxygen atoms in total. The second kappa shape index (κ2) is 8.45. The lowest BCUT2D eigenvalue weighted by atomic mass is 10.2. The number of rotatable bonds is 5. The van der Waals surface area contributed by atoms with Crippen molar-refractivity contribution in [2.45, 2.75) is 5.16 Å². The van der Waals surface area contributed by atoms with Crippen molar-refractivity contribution >= 4 is 23.6 Å². The van der Waals surface area contributed by atoms with Crippen LogP contribution in [-0.4, -0.2) is 27.5 Å². The van der Waals surface area contributed by atoms with Crippen LogP contribution in [0.1, 0.15) is 10.4 Å². The van der Waals surface area contributed by atoms with Gasteiger partial charge in [0, 0.05) is 5.56 Å². The van der Waals surface area contributed by atoms with Gasteiger partial charge in [0.05, 0.1) is 17.6 Å². The van der Waals surface area contributed by atoms with Crippen LogP contribution in [0.2, 0.25) is 0 Å². The van der Waals surface area contributed by atoms with Crippen molar-refractivity contribution < 1.29 is 18.4 Å². The monoisotopic (exact) mass is 388 g/mol. The highest BCUT2D eigenvalue weighted by molar-refractivity contribution is 7.99. The Bertz CT molecular complexity index is 943. The summed E-state index contributed by atoms with van der Waals surface area (Å²) in [5.41, 5.74) is 6.21. The lowest BCUT2D eigenvalue weighted by molar-refractivity contribution is -0.119. The molecule has 3 aromatic rings. The van der Waals surface area contributed by atoms with E-state index in [9.17, 15) is 18.4 Å². The van der Waals surface area contributed by atoms with Crippen molar-refractivity contribution in [2.75, 3.05) is 5.75 Å². The molecule has 0 saturated heterocycles. The first-order chi connectivity index (χ1) is 13.0. The number of imidazole rings is 1. The van der Waals surface area contributed by atoms with E-state index in [1.54, 1.807) is 18.3 Å². The number of amides is 2. The summed E-state index contributed by atoms with van der Waals surface area (Å²) >= 11 is 1.14. The molecule has 0 radical (unpaired) electrons. The second-order valence-electron chi connectivity index (χ2n) is 5.41. The molecule has 0 aliphatic carbocycles. The number of thioether (sulfide) groups is 1. The van der Waals surface area contributed by atoms with Gasteiger partial charge in [-0.05, 0) is 54.1 Å². The van der Waals surface area contributed by atoms with E-state index in [1.807, 2.05) is 0 Å². The van der Waals surface area contributed by atoms with E-state index in [0.29, 0.717) is 10.9 Å². The van der Waals surface area contributed by atoms with E-state index in [-0.39, 0.29) is 17.1 Å². The minimum Gasteiger partial charge on any atom is -0.333 e. The van der Waals surface area contributed by atoms with E-state index in [2.05, 4.69) is 20.8 Å². The number of aromatic nitrogens is 2. The van der Waals surface area contributed by atoms with E-state index < -0.39 is 17.6 Å². The van der Waals surface area contributed by atoms with Gasteiger partial charge in [-0.2, -0.15) is 0 Å². The topological polar surface area (TPSA) is 86.9 Å². The molecule has 1 heterocycles. The Kier molecular flexibility index (Phi) is 5.82. The molecule has 0 unspecified atom stereocenters. The molecule has 0 spiro atoms. The van der Waals surface area contributed by atoms with Gasteiger partial charge in [-0.15, -0.1) is 0 Å². The zero-order valence-electron chi connectivity index (χ0n) is 13.8. The van der Waals surface area contributed by atoms with Crippen LogP contribution in [0.25, 0.3) is 11.3 Å². The molecule has 1 aromatic heterocycles. The Morgan fingerprint density at radius 1 is 0.963 bits per heavy atom. The largest absolute Gasteiger partial charge is 0.333 e. The van der Waals surface area contributed by atoms with Crippen LogP contribution in [0.4, 0.5) is 8.78 Å². The number of hydrogen-bond donors (Lipinski definition) is 3. The predicted octanol–water partition coefficient (Wildman–Crippen LogP) is 2.91. The third-order valence-corrected chi connectivity index (χ3v) is 4.36. The third-order valence-electron chi connectivity index (χ3n) is 3.47. The molecule has 9 heteroatoms. The van der Waals surface area contributed by atoms with Gasteiger partial charge >= 0.3 is 0 Å². The predicted molar refractivity (Wildman–Crippen MR) is 96.7 cm³/mol. The Labute approximate surface area is 157 Å². The average molecular weight is 388 g/mol. The SMILES string of the molecule is O=C(CSc1ncc(-c2ccc(F)cc2)[nH]1)NNC(=O)c1ccc(F)cc1. The lowest BCUT2D eigenvalue weighted by Gasteiger charge is -2.06. The first-order valence-electron chi connectivity index (χ1n) is 7.80. The minimum atomic E-state index is -0.551. The number of halogens is 2. The van der Waals surface area contributed by atoms with Gasteiger partial charge in [0.15, 0.2) is 5.16 Å². The molecular formula is C18H14F2N4O2S. The minimum absolute atomic E-state index is 0.0140. The highest BCUT2D eigenvalue weighted by Gasteiger charge is 2.10. The van der Waals surface area contributed by atoms with Crippen molar-refractivity contribution in [3.8, 4) is 11.3 Å². The maximum Gasteiger partial charge on any atom is 0.269 e. The van der Waals surface area contributed by atoms with E-state index in [0.717, 1.165) is 29.5 Å². The number of benzene rings is 2. The van der Waals surface area contributed by atoms with Crippen molar-refractivity contribution in [1.82, 2.24) is 20.8 Å². The molecule has 0 atom stereocenters. The van der Waals surface area contributed by atoms with E-state index in [1.165, 1.54) is 24.3 Å². The number of aromatic amines is 1. The van der Waals surface area contributed by atoms with Crippen LogP contribution in [0.15, 0.2) is 59.9 Å². The molecule has 138 valence electrons. The summed E-state index contributed by atoms with van der Waals surface area (Å²) < 4.78 is 25.8. The van der Waals surface area contributed by atoms with Crippen LogP contribution in [0.5, 0.6) is 0 Å². The number of carbonyl (C=O) groups excluding carboxylic acids is 2. The maximum atomic E-state index is 13.0. The van der Waals surface area contributed by atoms with Crippen LogP contribution < -0.4 is 10.9 Å². The standard InChI is InChI=1S/C18H14F2N4O2S/c19-13-5-1-11(2-6-13)15-9-21-18(22-15)27-10-16(25)23-24-17(26)12-3-7-14(20)8-4-12/h1-9H,10H2,(H,21,22)(H,23,25)(H,24,26). The van der Waals surface area contributed by atoms with Crippen LogP contribution in [0.3, 0.4) is 0 Å². The Morgan fingerprint density at radius 3 is 2.26 bits per heavy atom. The lowest BCUT2D eigenvalue weighted by Crippen LogP contribution is -2.42. The number of nitrogens with zero attached hydrogens (tertiary/aromatic N) is 1. The van der Waals surface area contributed by atoms with Crippen molar-refractivity contribution in [2.24, 2.45) is 0 Å². The quantitative estimate of drug-likeness (QED) is 0.463. The summed E-state index contributed by atoms with van der Waals surface area (Å²) in [7, 11) is 0. The fraction of sp³-hybridized carbons (Fsp3) is 0.0556. The number of hydrazine groups is 1. The molecule has 0 aliphatic rings. The number of hydrogen-bond acceptors (Lipinski definition) is 4. The molecule has 0 saturated carbocycles.